The van der Waals surface area contributed by atoms with E-state index in [1.807, 2.05) is 0 Å². The van der Waals surface area contributed by atoms with Crippen LogP contribution < -0.4 is 4.74 Å². The highest BCUT2D eigenvalue weighted by atomic mass is 79.9. The van der Waals surface area contributed by atoms with E-state index in [9.17, 15) is 8.78 Å². The second-order valence-electron chi connectivity index (χ2n) is 3.89. The molecule has 0 bridgehead atoms. The van der Waals surface area contributed by atoms with E-state index in [0.717, 1.165) is 0 Å². The van der Waals surface area contributed by atoms with Crippen LogP contribution in [-0.4, -0.2) is 5.11 Å². The standard InChI is InChI=1S/C14H11BrF2O2/c15-13-10(4-2-5-11(13)16)8-19-14-9(7-18)3-1-6-12(14)17/h1-6,18H,7-8H2. The number of rotatable bonds is 4. The molecule has 0 unspecified atom stereocenters. The van der Waals surface area contributed by atoms with Crippen LogP contribution in [0, 0.1) is 11.6 Å². The van der Waals surface area contributed by atoms with Crippen molar-refractivity contribution in [1.82, 2.24) is 0 Å². The molecule has 100 valence electrons. The molecule has 2 aromatic carbocycles. The Balaban J connectivity index is 2.21. The first-order valence-electron chi connectivity index (χ1n) is 5.57. The largest absolute Gasteiger partial charge is 0.485 e. The molecule has 0 aromatic heterocycles. The van der Waals surface area contributed by atoms with Crippen molar-refractivity contribution >= 4 is 15.9 Å². The Hall–Kier alpha value is -1.46. The van der Waals surface area contributed by atoms with Gasteiger partial charge in [-0.1, -0.05) is 24.3 Å². The SMILES string of the molecule is OCc1cccc(F)c1OCc1cccc(F)c1Br. The van der Waals surface area contributed by atoms with E-state index in [1.54, 1.807) is 18.2 Å². The Morgan fingerprint density at radius 1 is 1.00 bits per heavy atom. The van der Waals surface area contributed by atoms with Crippen LogP contribution in [0.3, 0.4) is 0 Å². The number of aliphatic hydroxyl groups is 1. The minimum atomic E-state index is -0.556. The Kier molecular flexibility index (Phi) is 4.50. The molecule has 1 N–H and O–H groups in total. The van der Waals surface area contributed by atoms with Gasteiger partial charge in [-0.05, 0) is 28.1 Å². The molecule has 2 nitrogen and oxygen atoms in total. The molecule has 0 atom stereocenters. The lowest BCUT2D eigenvalue weighted by Gasteiger charge is -2.12. The molecule has 0 amide bonds. The van der Waals surface area contributed by atoms with Crippen LogP contribution >= 0.6 is 15.9 Å². The van der Waals surface area contributed by atoms with Crippen molar-refractivity contribution in [3.63, 3.8) is 0 Å². The highest BCUT2D eigenvalue weighted by Gasteiger charge is 2.11. The monoisotopic (exact) mass is 328 g/mol. The molecule has 0 aliphatic heterocycles. The first kappa shape index (κ1) is 14.0. The van der Waals surface area contributed by atoms with Gasteiger partial charge in [0.15, 0.2) is 11.6 Å². The summed E-state index contributed by atoms with van der Waals surface area (Å²) in [5.41, 5.74) is 0.916. The summed E-state index contributed by atoms with van der Waals surface area (Å²) in [6, 6.07) is 8.84. The highest BCUT2D eigenvalue weighted by Crippen LogP contribution is 2.26. The lowest BCUT2D eigenvalue weighted by Crippen LogP contribution is -2.02. The van der Waals surface area contributed by atoms with Crippen LogP contribution in [-0.2, 0) is 13.2 Å². The molecule has 0 radical (unpaired) electrons. The van der Waals surface area contributed by atoms with Crippen molar-refractivity contribution in [3.8, 4) is 5.75 Å². The summed E-state index contributed by atoms with van der Waals surface area (Å²) in [6.07, 6.45) is 0. The molecule has 2 aromatic rings. The number of hydrogen-bond acceptors (Lipinski definition) is 2. The summed E-state index contributed by atoms with van der Waals surface area (Å²) in [7, 11) is 0. The number of hydrogen-bond donors (Lipinski definition) is 1. The lowest BCUT2D eigenvalue weighted by molar-refractivity contribution is 0.251. The Morgan fingerprint density at radius 3 is 2.32 bits per heavy atom. The van der Waals surface area contributed by atoms with Crippen molar-refractivity contribution in [1.29, 1.82) is 0 Å². The zero-order valence-corrected chi connectivity index (χ0v) is 11.5. The van der Waals surface area contributed by atoms with Crippen molar-refractivity contribution < 1.29 is 18.6 Å². The van der Waals surface area contributed by atoms with Crippen molar-refractivity contribution in [2.24, 2.45) is 0 Å². The molecule has 0 saturated heterocycles. The van der Waals surface area contributed by atoms with Gasteiger partial charge >= 0.3 is 0 Å². The molecular weight excluding hydrogens is 318 g/mol. The fourth-order valence-electron chi connectivity index (χ4n) is 1.65. The maximum Gasteiger partial charge on any atom is 0.165 e. The molecule has 0 heterocycles. The molecule has 0 aliphatic carbocycles. The van der Waals surface area contributed by atoms with Crippen LogP contribution in [0.15, 0.2) is 40.9 Å². The Morgan fingerprint density at radius 2 is 1.63 bits per heavy atom. The van der Waals surface area contributed by atoms with Crippen LogP contribution in [0.25, 0.3) is 0 Å². The summed E-state index contributed by atoms with van der Waals surface area (Å²) in [4.78, 5) is 0. The van der Waals surface area contributed by atoms with Gasteiger partial charge in [-0.3, -0.25) is 0 Å². The zero-order chi connectivity index (χ0) is 13.8. The fourth-order valence-corrected chi connectivity index (χ4v) is 2.03. The highest BCUT2D eigenvalue weighted by molar-refractivity contribution is 9.10. The van der Waals surface area contributed by atoms with Crippen LogP contribution in [0.1, 0.15) is 11.1 Å². The molecular formula is C14H11BrF2O2. The Bertz CT molecular complexity index is 588. The van der Waals surface area contributed by atoms with Gasteiger partial charge in [0.05, 0.1) is 11.1 Å². The molecule has 0 aliphatic rings. The second-order valence-corrected chi connectivity index (χ2v) is 4.68. The van der Waals surface area contributed by atoms with Crippen molar-refractivity contribution in [3.05, 3.63) is 63.6 Å². The number of halogens is 3. The van der Waals surface area contributed by atoms with E-state index in [1.165, 1.54) is 18.2 Å². The normalized spacial score (nSPS) is 10.5. The average molecular weight is 329 g/mol. The van der Waals surface area contributed by atoms with E-state index >= 15 is 0 Å². The summed E-state index contributed by atoms with van der Waals surface area (Å²) in [5.74, 6) is -0.975. The van der Waals surface area contributed by atoms with Crippen LogP contribution in [0.4, 0.5) is 8.78 Å². The van der Waals surface area contributed by atoms with Gasteiger partial charge in [-0.15, -0.1) is 0 Å². The van der Waals surface area contributed by atoms with E-state index < -0.39 is 11.6 Å². The topological polar surface area (TPSA) is 29.5 Å². The smallest absolute Gasteiger partial charge is 0.165 e. The summed E-state index contributed by atoms with van der Waals surface area (Å²) >= 11 is 3.11. The van der Waals surface area contributed by atoms with Crippen LogP contribution in [0.5, 0.6) is 5.75 Å². The van der Waals surface area contributed by atoms with Gasteiger partial charge < -0.3 is 9.84 Å². The van der Waals surface area contributed by atoms with E-state index in [4.69, 9.17) is 9.84 Å². The molecule has 0 fully saturated rings. The first-order valence-corrected chi connectivity index (χ1v) is 6.36. The van der Waals surface area contributed by atoms with Gasteiger partial charge in [0.25, 0.3) is 0 Å². The number of benzene rings is 2. The lowest BCUT2D eigenvalue weighted by atomic mass is 10.2. The minimum absolute atomic E-state index is 0.00623. The maximum atomic E-state index is 13.6. The zero-order valence-electron chi connectivity index (χ0n) is 9.87. The third kappa shape index (κ3) is 3.11. The van der Waals surface area contributed by atoms with Crippen molar-refractivity contribution in [2.75, 3.05) is 0 Å². The fraction of sp³-hybridized carbons (Fsp3) is 0.143. The van der Waals surface area contributed by atoms with Gasteiger partial charge in [0.1, 0.15) is 12.4 Å². The van der Waals surface area contributed by atoms with E-state index in [0.29, 0.717) is 11.1 Å². The molecule has 0 spiro atoms. The van der Waals surface area contributed by atoms with Crippen LogP contribution in [0.2, 0.25) is 0 Å². The van der Waals surface area contributed by atoms with Gasteiger partial charge in [-0.25, -0.2) is 8.78 Å². The molecule has 19 heavy (non-hydrogen) atoms. The average Bonchev–Trinajstić information content (AvgIpc) is 2.41. The molecule has 0 saturated carbocycles. The summed E-state index contributed by atoms with van der Waals surface area (Å²) in [6.45, 7) is -0.316. The number of aliphatic hydroxyl groups excluding tert-OH is 1. The quantitative estimate of drug-likeness (QED) is 0.925. The third-order valence-corrected chi connectivity index (χ3v) is 3.51. The maximum absolute atomic E-state index is 13.6. The summed E-state index contributed by atoms with van der Waals surface area (Å²) in [5, 5.41) is 9.12. The van der Waals surface area contributed by atoms with Gasteiger partial charge in [-0.2, -0.15) is 0 Å². The third-order valence-electron chi connectivity index (χ3n) is 2.62. The predicted molar refractivity (Wildman–Crippen MR) is 70.8 cm³/mol. The summed E-state index contributed by atoms with van der Waals surface area (Å²) < 4.78 is 32.5. The second kappa shape index (κ2) is 6.12. The molecule has 5 heteroatoms. The Labute approximate surface area is 117 Å². The molecule has 2 rings (SSSR count). The van der Waals surface area contributed by atoms with Gasteiger partial charge in [0.2, 0.25) is 0 Å². The van der Waals surface area contributed by atoms with E-state index in [-0.39, 0.29) is 23.4 Å². The number of para-hydroxylation sites is 1. The van der Waals surface area contributed by atoms with Crippen molar-refractivity contribution in [2.45, 2.75) is 13.2 Å². The van der Waals surface area contributed by atoms with Gasteiger partial charge in [0, 0.05) is 11.1 Å². The van der Waals surface area contributed by atoms with E-state index in [2.05, 4.69) is 15.9 Å². The predicted octanol–water partition coefficient (Wildman–Crippen LogP) is 3.80. The minimum Gasteiger partial charge on any atom is -0.485 e. The number of ether oxygens (including phenoxy) is 1. The first-order chi connectivity index (χ1) is 9.13.